The number of benzene rings is 1. The van der Waals surface area contributed by atoms with Gasteiger partial charge < -0.3 is 9.64 Å². The van der Waals surface area contributed by atoms with Crippen LogP contribution in [0.1, 0.15) is 44.1 Å². The molecular formula is C18H22N2O2. The summed E-state index contributed by atoms with van der Waals surface area (Å²) < 4.78 is 5.61. The molecule has 2 unspecified atom stereocenters. The molecule has 1 saturated heterocycles. The average Bonchev–Trinajstić information content (AvgIpc) is 2.59. The maximum absolute atomic E-state index is 12.5. The van der Waals surface area contributed by atoms with Crippen LogP contribution in [0.5, 0.6) is 5.75 Å². The van der Waals surface area contributed by atoms with Gasteiger partial charge in [0.25, 0.3) is 5.91 Å². The van der Waals surface area contributed by atoms with E-state index in [4.69, 9.17) is 10.00 Å². The Morgan fingerprint density at radius 2 is 2.00 bits per heavy atom. The van der Waals surface area contributed by atoms with Gasteiger partial charge in [0.05, 0.1) is 5.56 Å². The maximum Gasteiger partial charge on any atom is 0.260 e. The van der Waals surface area contributed by atoms with Gasteiger partial charge in [-0.25, -0.2) is 0 Å². The van der Waals surface area contributed by atoms with Crippen molar-refractivity contribution in [2.75, 3.05) is 13.2 Å². The molecule has 3 rings (SSSR count). The molecule has 1 aliphatic carbocycles. The number of nitriles is 1. The number of likely N-dealkylation sites (tertiary alicyclic amines) is 1. The van der Waals surface area contributed by atoms with E-state index in [1.54, 1.807) is 18.2 Å². The lowest BCUT2D eigenvalue weighted by atomic mass is 9.78. The molecule has 2 atom stereocenters. The van der Waals surface area contributed by atoms with Crippen LogP contribution in [-0.4, -0.2) is 30.0 Å². The molecule has 1 aromatic rings. The highest BCUT2D eigenvalue weighted by Crippen LogP contribution is 2.35. The number of carbonyl (C=O) groups is 1. The molecule has 1 aromatic carbocycles. The Bertz CT molecular complexity index is 577. The van der Waals surface area contributed by atoms with Gasteiger partial charge in [0, 0.05) is 12.6 Å². The summed E-state index contributed by atoms with van der Waals surface area (Å²) in [6, 6.07) is 9.56. The first-order valence-electron chi connectivity index (χ1n) is 8.21. The predicted octanol–water partition coefficient (Wildman–Crippen LogP) is 3.12. The lowest BCUT2D eigenvalue weighted by Crippen LogP contribution is -2.51. The fraction of sp³-hybridized carbons (Fsp3) is 0.556. The van der Waals surface area contributed by atoms with Crippen LogP contribution in [0.25, 0.3) is 0 Å². The molecule has 1 aliphatic heterocycles. The van der Waals surface area contributed by atoms with E-state index in [1.165, 1.54) is 25.7 Å². The number of piperidine rings is 1. The zero-order valence-corrected chi connectivity index (χ0v) is 12.8. The van der Waals surface area contributed by atoms with Crippen LogP contribution in [0.3, 0.4) is 0 Å². The number of para-hydroxylation sites is 1. The average molecular weight is 298 g/mol. The summed E-state index contributed by atoms with van der Waals surface area (Å²) in [5, 5.41) is 9.06. The number of carbonyl (C=O) groups excluding carboxylic acids is 1. The molecule has 22 heavy (non-hydrogen) atoms. The third-order valence-electron chi connectivity index (χ3n) is 4.92. The Kier molecular flexibility index (Phi) is 4.62. The first kappa shape index (κ1) is 14.9. The monoisotopic (exact) mass is 298 g/mol. The fourth-order valence-corrected chi connectivity index (χ4v) is 3.84. The highest BCUT2D eigenvalue weighted by atomic mass is 16.5. The third kappa shape index (κ3) is 3.09. The predicted molar refractivity (Wildman–Crippen MR) is 83.3 cm³/mol. The van der Waals surface area contributed by atoms with Gasteiger partial charge in [-0.15, -0.1) is 0 Å². The van der Waals surface area contributed by atoms with Gasteiger partial charge in [-0.05, 0) is 43.7 Å². The first-order chi connectivity index (χ1) is 10.8. The van der Waals surface area contributed by atoms with Crippen molar-refractivity contribution in [2.45, 2.75) is 44.6 Å². The summed E-state index contributed by atoms with van der Waals surface area (Å²) >= 11 is 0. The van der Waals surface area contributed by atoms with Gasteiger partial charge in [0.1, 0.15) is 11.8 Å². The molecule has 1 saturated carbocycles. The number of amides is 1. The smallest absolute Gasteiger partial charge is 0.260 e. The lowest BCUT2D eigenvalue weighted by Gasteiger charge is -2.44. The van der Waals surface area contributed by atoms with Crippen molar-refractivity contribution in [3.8, 4) is 11.8 Å². The van der Waals surface area contributed by atoms with Crippen molar-refractivity contribution in [1.82, 2.24) is 4.90 Å². The lowest BCUT2D eigenvalue weighted by molar-refractivity contribution is -0.139. The van der Waals surface area contributed by atoms with E-state index >= 15 is 0 Å². The molecule has 2 fully saturated rings. The second-order valence-electron chi connectivity index (χ2n) is 6.24. The van der Waals surface area contributed by atoms with Gasteiger partial charge in [-0.3, -0.25) is 4.79 Å². The molecule has 0 radical (unpaired) electrons. The van der Waals surface area contributed by atoms with E-state index in [2.05, 4.69) is 6.07 Å². The summed E-state index contributed by atoms with van der Waals surface area (Å²) in [6.07, 6.45) is 7.27. The third-order valence-corrected chi connectivity index (χ3v) is 4.92. The van der Waals surface area contributed by atoms with E-state index in [9.17, 15) is 4.79 Å². The molecule has 2 aliphatic rings. The molecule has 1 heterocycles. The second kappa shape index (κ2) is 6.83. The van der Waals surface area contributed by atoms with Crippen LogP contribution in [0.15, 0.2) is 24.3 Å². The summed E-state index contributed by atoms with van der Waals surface area (Å²) in [5.74, 6) is 1.23. The van der Waals surface area contributed by atoms with Crippen molar-refractivity contribution in [2.24, 2.45) is 5.92 Å². The molecule has 0 bridgehead atoms. The highest BCUT2D eigenvalue weighted by molar-refractivity contribution is 5.78. The van der Waals surface area contributed by atoms with E-state index in [0.29, 0.717) is 23.3 Å². The van der Waals surface area contributed by atoms with Gasteiger partial charge in [0.2, 0.25) is 0 Å². The minimum Gasteiger partial charge on any atom is -0.482 e. The summed E-state index contributed by atoms with van der Waals surface area (Å²) in [5.41, 5.74) is 0.476. The van der Waals surface area contributed by atoms with Gasteiger partial charge in [-0.2, -0.15) is 5.26 Å². The Morgan fingerprint density at radius 3 is 2.86 bits per heavy atom. The Labute approximate surface area is 131 Å². The number of fused-ring (bicyclic) bond motifs is 1. The number of ether oxygens (including phenoxy) is 1. The Morgan fingerprint density at radius 1 is 1.23 bits per heavy atom. The minimum atomic E-state index is 0.0297. The van der Waals surface area contributed by atoms with E-state index in [0.717, 1.165) is 19.4 Å². The fourth-order valence-electron chi connectivity index (χ4n) is 3.84. The zero-order valence-electron chi connectivity index (χ0n) is 12.8. The van der Waals surface area contributed by atoms with Crippen LogP contribution >= 0.6 is 0 Å². The molecular weight excluding hydrogens is 276 g/mol. The van der Waals surface area contributed by atoms with Crippen LogP contribution in [0, 0.1) is 17.2 Å². The standard InChI is InChI=1S/C18H22N2O2/c19-12-15-7-2-4-10-17(15)22-13-18(21)20-11-5-8-14-6-1-3-9-16(14)20/h2,4,7,10,14,16H,1,3,5-6,8-9,11,13H2. The van der Waals surface area contributed by atoms with Gasteiger partial charge in [-0.1, -0.05) is 25.0 Å². The SMILES string of the molecule is N#Cc1ccccc1OCC(=O)N1CCCC2CCCCC21. The number of hydrogen-bond donors (Lipinski definition) is 0. The van der Waals surface area contributed by atoms with Crippen molar-refractivity contribution in [3.05, 3.63) is 29.8 Å². The second-order valence-corrected chi connectivity index (χ2v) is 6.24. The van der Waals surface area contributed by atoms with Crippen molar-refractivity contribution in [3.63, 3.8) is 0 Å². The number of nitrogens with zero attached hydrogens (tertiary/aromatic N) is 2. The quantitative estimate of drug-likeness (QED) is 0.861. The van der Waals surface area contributed by atoms with Crippen LogP contribution in [0.2, 0.25) is 0 Å². The number of rotatable bonds is 3. The summed E-state index contributed by atoms with van der Waals surface area (Å²) in [6.45, 7) is 0.880. The molecule has 116 valence electrons. The normalized spacial score (nSPS) is 24.2. The Hall–Kier alpha value is -2.02. The topological polar surface area (TPSA) is 53.3 Å². The van der Waals surface area contributed by atoms with Crippen molar-refractivity contribution >= 4 is 5.91 Å². The van der Waals surface area contributed by atoms with Gasteiger partial charge >= 0.3 is 0 Å². The van der Waals surface area contributed by atoms with Crippen LogP contribution in [-0.2, 0) is 4.79 Å². The van der Waals surface area contributed by atoms with E-state index in [-0.39, 0.29) is 12.5 Å². The maximum atomic E-state index is 12.5. The molecule has 4 nitrogen and oxygen atoms in total. The molecule has 1 amide bonds. The largest absolute Gasteiger partial charge is 0.482 e. The molecule has 0 spiro atoms. The zero-order chi connectivity index (χ0) is 15.4. The first-order valence-corrected chi connectivity index (χ1v) is 8.21. The van der Waals surface area contributed by atoms with Gasteiger partial charge in [0.15, 0.2) is 6.61 Å². The Balaban J connectivity index is 1.63. The molecule has 0 N–H and O–H groups in total. The summed E-state index contributed by atoms with van der Waals surface area (Å²) in [7, 11) is 0. The minimum absolute atomic E-state index is 0.0297. The highest BCUT2D eigenvalue weighted by Gasteiger charge is 2.35. The van der Waals surface area contributed by atoms with Crippen molar-refractivity contribution in [1.29, 1.82) is 5.26 Å². The molecule has 4 heteroatoms. The van der Waals surface area contributed by atoms with E-state index in [1.807, 2.05) is 11.0 Å². The van der Waals surface area contributed by atoms with Crippen LogP contribution < -0.4 is 4.74 Å². The van der Waals surface area contributed by atoms with E-state index < -0.39 is 0 Å². The summed E-state index contributed by atoms with van der Waals surface area (Å²) in [4.78, 5) is 14.6. The molecule has 0 aromatic heterocycles. The van der Waals surface area contributed by atoms with Crippen LogP contribution in [0.4, 0.5) is 0 Å². The number of hydrogen-bond acceptors (Lipinski definition) is 3. The van der Waals surface area contributed by atoms with Crippen molar-refractivity contribution < 1.29 is 9.53 Å².